The van der Waals surface area contributed by atoms with Gasteiger partial charge in [-0.15, -0.1) is 0 Å². The van der Waals surface area contributed by atoms with Gasteiger partial charge in [0.05, 0.1) is 19.1 Å². The van der Waals surface area contributed by atoms with Crippen molar-refractivity contribution in [1.29, 1.82) is 0 Å². The molecule has 6 nitrogen and oxygen atoms in total. The molecule has 0 unspecified atom stereocenters. The lowest BCUT2D eigenvalue weighted by atomic mass is 10.0. The number of amides is 2. The highest BCUT2D eigenvalue weighted by atomic mass is 16.2. The molecule has 2 amide bonds. The Labute approximate surface area is 191 Å². The Morgan fingerprint density at radius 1 is 0.938 bits per heavy atom. The van der Waals surface area contributed by atoms with Crippen molar-refractivity contribution < 1.29 is 9.59 Å². The van der Waals surface area contributed by atoms with E-state index in [9.17, 15) is 9.59 Å². The number of fused-ring (bicyclic) bond motifs is 3. The first-order chi connectivity index (χ1) is 15.2. The van der Waals surface area contributed by atoms with Crippen LogP contribution in [0.5, 0.6) is 0 Å². The van der Waals surface area contributed by atoms with Crippen LogP contribution in [0.2, 0.25) is 0 Å². The number of carbonyl (C=O) groups is 2. The van der Waals surface area contributed by atoms with Gasteiger partial charge in [-0.3, -0.25) is 19.4 Å². The second-order valence-electron chi connectivity index (χ2n) is 9.95. The summed E-state index contributed by atoms with van der Waals surface area (Å²) in [5.41, 5.74) is 4.82. The molecule has 0 radical (unpaired) electrons. The van der Waals surface area contributed by atoms with Gasteiger partial charge in [0, 0.05) is 31.7 Å². The number of hydrogen-bond donors (Lipinski definition) is 1. The molecule has 0 spiro atoms. The summed E-state index contributed by atoms with van der Waals surface area (Å²) in [6.45, 7) is 9.48. The fraction of sp³-hybridized carbons (Fsp3) is 0.462. The van der Waals surface area contributed by atoms with Crippen LogP contribution in [0.4, 0.5) is 0 Å². The Kier molecular flexibility index (Phi) is 6.35. The van der Waals surface area contributed by atoms with E-state index in [0.717, 1.165) is 13.1 Å². The van der Waals surface area contributed by atoms with Gasteiger partial charge in [0.2, 0.25) is 11.8 Å². The Balaban J connectivity index is 1.35. The van der Waals surface area contributed by atoms with Crippen LogP contribution in [0, 0.1) is 0 Å². The summed E-state index contributed by atoms with van der Waals surface area (Å²) in [6.07, 6.45) is 0. The SMILES string of the molecule is CN(CC(=O)N1CCN(CC(=O)NC(C)(C)C)CC1)C1c2ccccc2-c2ccccc21. The molecule has 2 aromatic rings. The van der Waals surface area contributed by atoms with Gasteiger partial charge in [-0.05, 0) is 50.1 Å². The van der Waals surface area contributed by atoms with E-state index >= 15 is 0 Å². The number of benzene rings is 2. The van der Waals surface area contributed by atoms with E-state index in [4.69, 9.17) is 0 Å². The number of hydrogen-bond acceptors (Lipinski definition) is 4. The molecule has 1 N–H and O–H groups in total. The Morgan fingerprint density at radius 3 is 2.00 bits per heavy atom. The van der Waals surface area contributed by atoms with Crippen LogP contribution < -0.4 is 5.32 Å². The molecule has 1 aliphatic carbocycles. The molecule has 2 aromatic carbocycles. The highest BCUT2D eigenvalue weighted by Gasteiger charge is 2.33. The number of nitrogens with one attached hydrogen (secondary N) is 1. The van der Waals surface area contributed by atoms with Crippen molar-refractivity contribution in [3.63, 3.8) is 0 Å². The third-order valence-electron chi connectivity index (χ3n) is 6.23. The maximum absolute atomic E-state index is 13.1. The molecule has 1 fully saturated rings. The van der Waals surface area contributed by atoms with Gasteiger partial charge in [0.15, 0.2) is 0 Å². The first-order valence-electron chi connectivity index (χ1n) is 11.4. The summed E-state index contributed by atoms with van der Waals surface area (Å²) in [4.78, 5) is 31.5. The first kappa shape index (κ1) is 22.5. The van der Waals surface area contributed by atoms with Crippen molar-refractivity contribution in [2.24, 2.45) is 0 Å². The van der Waals surface area contributed by atoms with E-state index in [1.807, 2.05) is 32.7 Å². The number of carbonyl (C=O) groups excluding carboxylic acids is 2. The number of rotatable bonds is 5. The average molecular weight is 435 g/mol. The van der Waals surface area contributed by atoms with Crippen molar-refractivity contribution in [2.75, 3.05) is 46.3 Å². The van der Waals surface area contributed by atoms with Crippen LogP contribution in [0.25, 0.3) is 11.1 Å². The maximum Gasteiger partial charge on any atom is 0.236 e. The molecule has 1 saturated heterocycles. The van der Waals surface area contributed by atoms with Crippen LogP contribution in [-0.4, -0.2) is 78.4 Å². The third kappa shape index (κ3) is 4.87. The van der Waals surface area contributed by atoms with Crippen molar-refractivity contribution in [3.8, 4) is 11.1 Å². The summed E-state index contributed by atoms with van der Waals surface area (Å²) in [6, 6.07) is 17.1. The molecule has 6 heteroatoms. The lowest BCUT2D eigenvalue weighted by Crippen LogP contribution is -2.54. The normalized spacial score (nSPS) is 16.7. The fourth-order valence-electron chi connectivity index (χ4n) is 4.82. The molecule has 32 heavy (non-hydrogen) atoms. The topological polar surface area (TPSA) is 55.9 Å². The Hall–Kier alpha value is -2.70. The van der Waals surface area contributed by atoms with E-state index in [2.05, 4.69) is 63.6 Å². The van der Waals surface area contributed by atoms with Crippen LogP contribution in [-0.2, 0) is 9.59 Å². The Morgan fingerprint density at radius 2 is 1.47 bits per heavy atom. The zero-order valence-corrected chi connectivity index (χ0v) is 19.6. The molecular weight excluding hydrogens is 400 g/mol. The van der Waals surface area contributed by atoms with E-state index in [1.54, 1.807) is 0 Å². The van der Waals surface area contributed by atoms with Gasteiger partial charge in [-0.25, -0.2) is 0 Å². The summed E-state index contributed by atoms with van der Waals surface area (Å²) in [5.74, 6) is 0.184. The summed E-state index contributed by atoms with van der Waals surface area (Å²) in [7, 11) is 2.04. The van der Waals surface area contributed by atoms with Crippen LogP contribution in [0.15, 0.2) is 48.5 Å². The van der Waals surface area contributed by atoms with Crippen molar-refractivity contribution >= 4 is 11.8 Å². The average Bonchev–Trinajstić information content (AvgIpc) is 3.07. The molecule has 0 atom stereocenters. The van der Waals surface area contributed by atoms with Gasteiger partial charge in [-0.2, -0.15) is 0 Å². The van der Waals surface area contributed by atoms with Gasteiger partial charge >= 0.3 is 0 Å². The predicted octanol–water partition coefficient (Wildman–Crippen LogP) is 2.75. The molecule has 1 heterocycles. The maximum atomic E-state index is 13.1. The lowest BCUT2D eigenvalue weighted by molar-refractivity contribution is -0.134. The largest absolute Gasteiger partial charge is 0.350 e. The first-order valence-corrected chi connectivity index (χ1v) is 11.4. The molecular formula is C26H34N4O2. The molecule has 170 valence electrons. The minimum atomic E-state index is -0.225. The molecule has 2 aliphatic rings. The number of likely N-dealkylation sites (N-methyl/N-ethyl adjacent to an activating group) is 1. The van der Waals surface area contributed by atoms with Crippen molar-refractivity contribution in [3.05, 3.63) is 59.7 Å². The minimum absolute atomic E-state index is 0.0376. The summed E-state index contributed by atoms with van der Waals surface area (Å²) < 4.78 is 0. The van der Waals surface area contributed by atoms with Crippen molar-refractivity contribution in [2.45, 2.75) is 32.4 Å². The van der Waals surface area contributed by atoms with Crippen molar-refractivity contribution in [1.82, 2.24) is 20.0 Å². The monoisotopic (exact) mass is 434 g/mol. The molecule has 1 aliphatic heterocycles. The minimum Gasteiger partial charge on any atom is -0.350 e. The van der Waals surface area contributed by atoms with Crippen LogP contribution in [0.3, 0.4) is 0 Å². The second kappa shape index (κ2) is 9.04. The van der Waals surface area contributed by atoms with Crippen LogP contribution >= 0.6 is 0 Å². The zero-order valence-electron chi connectivity index (χ0n) is 19.6. The predicted molar refractivity (Wildman–Crippen MR) is 127 cm³/mol. The smallest absolute Gasteiger partial charge is 0.236 e. The van der Waals surface area contributed by atoms with Gasteiger partial charge < -0.3 is 10.2 Å². The Bertz CT molecular complexity index is 944. The zero-order chi connectivity index (χ0) is 22.9. The molecule has 0 bridgehead atoms. The summed E-state index contributed by atoms with van der Waals surface area (Å²) >= 11 is 0. The standard InChI is InChI=1S/C26H34N4O2/c1-26(2,3)27-23(31)17-29-13-15-30(16-14-29)24(32)18-28(4)25-21-11-7-5-9-19(21)20-10-6-8-12-22(20)25/h5-12,25H,13-18H2,1-4H3,(H,27,31). The molecule has 0 aromatic heterocycles. The van der Waals surface area contributed by atoms with E-state index in [1.165, 1.54) is 22.3 Å². The summed E-state index contributed by atoms with van der Waals surface area (Å²) in [5, 5.41) is 3.01. The van der Waals surface area contributed by atoms with Gasteiger partial charge in [0.25, 0.3) is 0 Å². The molecule has 0 saturated carbocycles. The van der Waals surface area contributed by atoms with E-state index in [-0.39, 0.29) is 23.4 Å². The second-order valence-corrected chi connectivity index (χ2v) is 9.95. The van der Waals surface area contributed by atoms with Gasteiger partial charge in [0.1, 0.15) is 0 Å². The lowest BCUT2D eigenvalue weighted by Gasteiger charge is -2.36. The fourth-order valence-corrected chi connectivity index (χ4v) is 4.82. The number of nitrogens with zero attached hydrogens (tertiary/aromatic N) is 3. The van der Waals surface area contributed by atoms with Gasteiger partial charge in [-0.1, -0.05) is 48.5 Å². The van der Waals surface area contributed by atoms with E-state index < -0.39 is 0 Å². The van der Waals surface area contributed by atoms with Crippen LogP contribution in [0.1, 0.15) is 37.9 Å². The molecule has 4 rings (SSSR count). The highest BCUT2D eigenvalue weighted by Crippen LogP contribution is 2.45. The highest BCUT2D eigenvalue weighted by molar-refractivity contribution is 5.81. The third-order valence-corrected chi connectivity index (χ3v) is 6.23. The quantitative estimate of drug-likeness (QED) is 0.786. The number of piperazine rings is 1. The van der Waals surface area contributed by atoms with E-state index in [0.29, 0.717) is 26.2 Å².